The van der Waals surface area contributed by atoms with E-state index in [1.54, 1.807) is 0 Å². The lowest BCUT2D eigenvalue weighted by Crippen LogP contribution is -2.15. The summed E-state index contributed by atoms with van der Waals surface area (Å²) in [5, 5.41) is 9.42. The summed E-state index contributed by atoms with van der Waals surface area (Å²) in [7, 11) is 4.06. The number of benzene rings is 1. The lowest BCUT2D eigenvalue weighted by molar-refractivity contribution is 0.195. The molecule has 0 bridgehead atoms. The monoisotopic (exact) mass is 193 g/mol. The molecule has 14 heavy (non-hydrogen) atoms. The third-order valence-electron chi connectivity index (χ3n) is 2.37. The maximum atomic E-state index is 9.42. The van der Waals surface area contributed by atoms with Gasteiger partial charge in [-0.1, -0.05) is 12.1 Å². The van der Waals surface area contributed by atoms with Crippen molar-refractivity contribution in [2.75, 3.05) is 19.0 Å². The van der Waals surface area contributed by atoms with Gasteiger partial charge >= 0.3 is 0 Å². The van der Waals surface area contributed by atoms with Gasteiger partial charge in [-0.05, 0) is 31.0 Å². The zero-order valence-corrected chi connectivity index (χ0v) is 9.41. The molecule has 1 aromatic carbocycles. The second kappa shape index (κ2) is 4.47. The van der Waals surface area contributed by atoms with Gasteiger partial charge in [-0.2, -0.15) is 0 Å². The predicted octanol–water partition coefficient (Wildman–Crippen LogP) is 1.98. The van der Waals surface area contributed by atoms with Crippen LogP contribution in [0.4, 0.5) is 5.69 Å². The van der Waals surface area contributed by atoms with Gasteiger partial charge in [0, 0.05) is 26.2 Å². The second-order valence-electron chi connectivity index (χ2n) is 4.02. The molecule has 0 spiro atoms. The average molecular weight is 193 g/mol. The van der Waals surface area contributed by atoms with Crippen LogP contribution in [-0.2, 0) is 6.42 Å². The molecule has 0 aliphatic carbocycles. The van der Waals surface area contributed by atoms with Crippen LogP contribution in [0.1, 0.15) is 18.1 Å². The quantitative estimate of drug-likeness (QED) is 0.793. The van der Waals surface area contributed by atoms with Crippen molar-refractivity contribution in [1.82, 2.24) is 0 Å². The van der Waals surface area contributed by atoms with E-state index in [1.807, 2.05) is 21.0 Å². The number of aliphatic hydroxyl groups is 1. The minimum Gasteiger partial charge on any atom is -0.393 e. The third-order valence-corrected chi connectivity index (χ3v) is 2.37. The van der Waals surface area contributed by atoms with Crippen LogP contribution >= 0.6 is 0 Å². The normalized spacial score (nSPS) is 12.6. The fourth-order valence-electron chi connectivity index (χ4n) is 1.67. The van der Waals surface area contributed by atoms with E-state index in [0.717, 1.165) is 6.42 Å². The largest absolute Gasteiger partial charge is 0.393 e. The zero-order chi connectivity index (χ0) is 10.7. The fourth-order valence-corrected chi connectivity index (χ4v) is 1.67. The zero-order valence-electron chi connectivity index (χ0n) is 9.41. The number of aryl methyl sites for hydroxylation is 1. The maximum absolute atomic E-state index is 9.42. The van der Waals surface area contributed by atoms with Crippen LogP contribution in [0.25, 0.3) is 0 Å². The molecule has 0 saturated heterocycles. The van der Waals surface area contributed by atoms with Crippen LogP contribution in [0, 0.1) is 6.92 Å². The van der Waals surface area contributed by atoms with E-state index in [4.69, 9.17) is 0 Å². The van der Waals surface area contributed by atoms with Gasteiger partial charge in [0.1, 0.15) is 0 Å². The fraction of sp³-hybridized carbons (Fsp3) is 0.500. The molecule has 0 saturated carbocycles. The van der Waals surface area contributed by atoms with Gasteiger partial charge in [0.05, 0.1) is 6.10 Å². The Balaban J connectivity index is 3.09. The van der Waals surface area contributed by atoms with Crippen LogP contribution < -0.4 is 4.90 Å². The summed E-state index contributed by atoms with van der Waals surface area (Å²) < 4.78 is 0. The van der Waals surface area contributed by atoms with E-state index in [1.165, 1.54) is 16.8 Å². The van der Waals surface area contributed by atoms with Crippen LogP contribution in [0.15, 0.2) is 18.2 Å². The molecular formula is C12H19NO. The topological polar surface area (TPSA) is 23.5 Å². The summed E-state index contributed by atoms with van der Waals surface area (Å²) in [6.45, 7) is 3.91. The first-order chi connectivity index (χ1) is 6.52. The van der Waals surface area contributed by atoms with E-state index < -0.39 is 0 Å². The summed E-state index contributed by atoms with van der Waals surface area (Å²) in [4.78, 5) is 2.09. The molecule has 0 aromatic heterocycles. The minimum atomic E-state index is -0.283. The first-order valence-electron chi connectivity index (χ1n) is 4.96. The van der Waals surface area contributed by atoms with Gasteiger partial charge < -0.3 is 10.0 Å². The number of aliphatic hydroxyl groups excluding tert-OH is 1. The van der Waals surface area contributed by atoms with Gasteiger partial charge in [0.15, 0.2) is 0 Å². The number of hydrogen-bond donors (Lipinski definition) is 1. The van der Waals surface area contributed by atoms with Crippen molar-refractivity contribution >= 4 is 5.69 Å². The summed E-state index contributed by atoms with van der Waals surface area (Å²) >= 11 is 0. The van der Waals surface area contributed by atoms with E-state index in [-0.39, 0.29) is 6.10 Å². The average Bonchev–Trinajstić information content (AvgIpc) is 2.07. The van der Waals surface area contributed by atoms with Crippen molar-refractivity contribution in [3.63, 3.8) is 0 Å². The van der Waals surface area contributed by atoms with Crippen molar-refractivity contribution in [1.29, 1.82) is 0 Å². The number of anilines is 1. The van der Waals surface area contributed by atoms with Gasteiger partial charge in [-0.15, -0.1) is 0 Å². The predicted molar refractivity (Wildman–Crippen MR) is 60.9 cm³/mol. The molecule has 1 N–H and O–H groups in total. The Hall–Kier alpha value is -1.02. The maximum Gasteiger partial charge on any atom is 0.0553 e. The van der Waals surface area contributed by atoms with Crippen molar-refractivity contribution in [2.45, 2.75) is 26.4 Å². The van der Waals surface area contributed by atoms with E-state index in [0.29, 0.717) is 0 Å². The van der Waals surface area contributed by atoms with Gasteiger partial charge in [0.2, 0.25) is 0 Å². The molecule has 0 aliphatic rings. The van der Waals surface area contributed by atoms with Crippen LogP contribution in [-0.4, -0.2) is 25.3 Å². The lowest BCUT2D eigenvalue weighted by Gasteiger charge is -2.20. The summed E-state index contributed by atoms with van der Waals surface area (Å²) in [6.07, 6.45) is 0.440. The lowest BCUT2D eigenvalue weighted by atomic mass is 10.0. The van der Waals surface area contributed by atoms with Gasteiger partial charge in [0.25, 0.3) is 0 Å². The Labute approximate surface area is 86.2 Å². The number of hydrogen-bond acceptors (Lipinski definition) is 2. The molecule has 0 heterocycles. The molecule has 1 rings (SSSR count). The molecule has 2 heteroatoms. The van der Waals surface area contributed by atoms with Crippen molar-refractivity contribution in [2.24, 2.45) is 0 Å². The van der Waals surface area contributed by atoms with Crippen molar-refractivity contribution < 1.29 is 5.11 Å². The van der Waals surface area contributed by atoms with Gasteiger partial charge in [-0.25, -0.2) is 0 Å². The number of rotatable bonds is 3. The van der Waals surface area contributed by atoms with Gasteiger partial charge in [-0.3, -0.25) is 0 Å². The first kappa shape index (κ1) is 11.1. The van der Waals surface area contributed by atoms with E-state index in [2.05, 4.69) is 30.0 Å². The highest BCUT2D eigenvalue weighted by Crippen LogP contribution is 2.23. The minimum absolute atomic E-state index is 0.283. The highest BCUT2D eigenvalue weighted by atomic mass is 16.3. The van der Waals surface area contributed by atoms with Crippen LogP contribution in [0.2, 0.25) is 0 Å². The molecule has 1 aromatic rings. The molecule has 0 aliphatic heterocycles. The number of nitrogens with zero attached hydrogens (tertiary/aromatic N) is 1. The summed E-state index contributed by atoms with van der Waals surface area (Å²) in [6, 6.07) is 6.23. The molecular weight excluding hydrogens is 174 g/mol. The molecule has 1 atom stereocenters. The Morgan fingerprint density at radius 2 is 2.00 bits per heavy atom. The van der Waals surface area contributed by atoms with Crippen LogP contribution in [0.5, 0.6) is 0 Å². The Morgan fingerprint density at radius 1 is 1.36 bits per heavy atom. The van der Waals surface area contributed by atoms with Crippen molar-refractivity contribution in [3.05, 3.63) is 29.3 Å². The van der Waals surface area contributed by atoms with Crippen LogP contribution in [0.3, 0.4) is 0 Å². The highest BCUT2D eigenvalue weighted by molar-refractivity contribution is 5.55. The highest BCUT2D eigenvalue weighted by Gasteiger charge is 2.09. The molecule has 0 fully saturated rings. The molecule has 78 valence electrons. The van der Waals surface area contributed by atoms with E-state index in [9.17, 15) is 5.11 Å². The first-order valence-corrected chi connectivity index (χ1v) is 4.96. The Morgan fingerprint density at radius 3 is 2.50 bits per heavy atom. The third kappa shape index (κ3) is 2.48. The molecule has 0 amide bonds. The summed E-state index contributed by atoms with van der Waals surface area (Å²) in [5.74, 6) is 0. The smallest absolute Gasteiger partial charge is 0.0553 e. The second-order valence-corrected chi connectivity index (χ2v) is 4.02. The Bertz CT molecular complexity index is 305. The van der Waals surface area contributed by atoms with Crippen molar-refractivity contribution in [3.8, 4) is 0 Å². The molecule has 0 radical (unpaired) electrons. The SMILES string of the molecule is Cc1cccc(N(C)C)c1CC(C)O. The Kier molecular flexibility index (Phi) is 3.53. The molecule has 1 unspecified atom stereocenters. The summed E-state index contributed by atoms with van der Waals surface area (Å²) in [5.41, 5.74) is 3.69. The van der Waals surface area contributed by atoms with E-state index >= 15 is 0 Å². The molecule has 2 nitrogen and oxygen atoms in total. The standard InChI is InChI=1S/C12H19NO/c1-9-6-5-7-12(13(3)4)11(9)8-10(2)14/h5-7,10,14H,8H2,1-4H3.